The van der Waals surface area contributed by atoms with Crippen LogP contribution in [0.4, 0.5) is 0 Å². The highest BCUT2D eigenvalue weighted by Crippen LogP contribution is 2.26. The Balaban J connectivity index is 1.51. The zero-order valence-corrected chi connectivity index (χ0v) is 15.9. The van der Waals surface area contributed by atoms with Crippen LogP contribution < -0.4 is 5.32 Å². The second-order valence-corrected chi connectivity index (χ2v) is 9.43. The van der Waals surface area contributed by atoms with Gasteiger partial charge in [-0.2, -0.15) is 4.31 Å². The molecule has 2 fully saturated rings. The molecule has 2 aliphatic rings. The van der Waals surface area contributed by atoms with E-state index in [0.717, 1.165) is 25.7 Å². The number of halogens is 1. The maximum atomic E-state index is 12.7. The molecular formula is C18H25ClN2O3S. The van der Waals surface area contributed by atoms with Crippen molar-refractivity contribution < 1.29 is 13.2 Å². The van der Waals surface area contributed by atoms with Crippen molar-refractivity contribution >= 4 is 27.5 Å². The third kappa shape index (κ3) is 4.74. The Kier molecular flexibility index (Phi) is 6.02. The van der Waals surface area contributed by atoms with E-state index in [0.29, 0.717) is 30.6 Å². The number of nitrogens with zero attached hydrogens (tertiary/aromatic N) is 1. The summed E-state index contributed by atoms with van der Waals surface area (Å²) >= 11 is 5.83. The standard InChI is InChI=1S/C18H25ClN2O3S/c19-15-5-7-17(8-6-15)25(23,24)21-11-9-14(10-12-21)13-18(22)20-16-3-1-2-4-16/h5-8,14,16H,1-4,9-13H2,(H,20,22). The van der Waals surface area contributed by atoms with Crippen LogP contribution in [0.15, 0.2) is 29.2 Å². The normalized spacial score (nSPS) is 20.7. The summed E-state index contributed by atoms with van der Waals surface area (Å²) in [5.41, 5.74) is 0. The molecule has 0 unspecified atom stereocenters. The van der Waals surface area contributed by atoms with Crippen LogP contribution in [0, 0.1) is 5.92 Å². The third-order valence-corrected chi connectivity index (χ3v) is 7.38. The first-order chi connectivity index (χ1) is 11.9. The smallest absolute Gasteiger partial charge is 0.243 e. The van der Waals surface area contributed by atoms with Crippen LogP contribution >= 0.6 is 11.6 Å². The number of carbonyl (C=O) groups excluding carboxylic acids is 1. The van der Waals surface area contributed by atoms with Crippen molar-refractivity contribution in [3.63, 3.8) is 0 Å². The number of piperidine rings is 1. The van der Waals surface area contributed by atoms with Crippen LogP contribution in [-0.2, 0) is 14.8 Å². The van der Waals surface area contributed by atoms with Crippen molar-refractivity contribution in [3.05, 3.63) is 29.3 Å². The minimum Gasteiger partial charge on any atom is -0.353 e. The van der Waals surface area contributed by atoms with Gasteiger partial charge in [0.15, 0.2) is 0 Å². The average Bonchev–Trinajstić information content (AvgIpc) is 3.08. The molecule has 7 heteroatoms. The third-order valence-electron chi connectivity index (χ3n) is 5.22. The molecule has 25 heavy (non-hydrogen) atoms. The number of hydrogen-bond acceptors (Lipinski definition) is 3. The van der Waals surface area contributed by atoms with E-state index in [9.17, 15) is 13.2 Å². The summed E-state index contributed by atoms with van der Waals surface area (Å²) in [7, 11) is -3.48. The molecule has 5 nitrogen and oxygen atoms in total. The number of hydrogen-bond donors (Lipinski definition) is 1. The molecule has 0 atom stereocenters. The molecule has 1 heterocycles. The highest BCUT2D eigenvalue weighted by Gasteiger charge is 2.30. The van der Waals surface area contributed by atoms with Gasteiger partial charge in [-0.15, -0.1) is 0 Å². The van der Waals surface area contributed by atoms with Crippen LogP contribution in [0.5, 0.6) is 0 Å². The average molecular weight is 385 g/mol. The van der Waals surface area contributed by atoms with E-state index in [1.54, 1.807) is 24.3 Å². The second-order valence-electron chi connectivity index (χ2n) is 7.05. The summed E-state index contributed by atoms with van der Waals surface area (Å²) in [6, 6.07) is 6.61. The van der Waals surface area contributed by atoms with Crippen molar-refractivity contribution in [1.82, 2.24) is 9.62 Å². The molecule has 0 spiro atoms. The molecule has 1 aliphatic carbocycles. The summed E-state index contributed by atoms with van der Waals surface area (Å²) in [5, 5.41) is 3.63. The van der Waals surface area contributed by atoms with E-state index in [-0.39, 0.29) is 16.7 Å². The lowest BCUT2D eigenvalue weighted by molar-refractivity contribution is -0.122. The Hall–Kier alpha value is -1.11. The van der Waals surface area contributed by atoms with E-state index in [2.05, 4.69) is 5.32 Å². The van der Waals surface area contributed by atoms with E-state index in [4.69, 9.17) is 11.6 Å². The van der Waals surface area contributed by atoms with Crippen LogP contribution in [0.25, 0.3) is 0 Å². The Morgan fingerprint density at radius 3 is 2.28 bits per heavy atom. The predicted molar refractivity (Wildman–Crippen MR) is 98.0 cm³/mol. The molecule has 1 saturated heterocycles. The van der Waals surface area contributed by atoms with Crippen LogP contribution in [0.3, 0.4) is 0 Å². The van der Waals surface area contributed by atoms with Crippen molar-refractivity contribution in [2.24, 2.45) is 5.92 Å². The summed E-state index contributed by atoms with van der Waals surface area (Å²) in [6.07, 6.45) is 6.53. The largest absolute Gasteiger partial charge is 0.353 e. The van der Waals surface area contributed by atoms with Gasteiger partial charge >= 0.3 is 0 Å². The van der Waals surface area contributed by atoms with Crippen molar-refractivity contribution in [1.29, 1.82) is 0 Å². The molecular weight excluding hydrogens is 360 g/mol. The number of benzene rings is 1. The van der Waals surface area contributed by atoms with Gasteiger partial charge in [0.2, 0.25) is 15.9 Å². The molecule has 0 aromatic heterocycles. The number of amides is 1. The van der Waals surface area contributed by atoms with Crippen molar-refractivity contribution in [3.8, 4) is 0 Å². The summed E-state index contributed by atoms with van der Waals surface area (Å²) in [6.45, 7) is 0.929. The lowest BCUT2D eigenvalue weighted by Gasteiger charge is -2.31. The van der Waals surface area contributed by atoms with Gasteiger partial charge in [-0.3, -0.25) is 4.79 Å². The molecule has 1 aliphatic heterocycles. The molecule has 3 rings (SSSR count). The quantitative estimate of drug-likeness (QED) is 0.847. The first-order valence-electron chi connectivity index (χ1n) is 9.00. The van der Waals surface area contributed by atoms with E-state index in [1.807, 2.05) is 0 Å². The lowest BCUT2D eigenvalue weighted by Crippen LogP contribution is -2.40. The molecule has 1 amide bonds. The number of sulfonamides is 1. The van der Waals surface area contributed by atoms with Gasteiger partial charge in [0.1, 0.15) is 0 Å². The fraction of sp³-hybridized carbons (Fsp3) is 0.611. The van der Waals surface area contributed by atoms with Crippen LogP contribution in [0.1, 0.15) is 44.9 Å². The minimum absolute atomic E-state index is 0.117. The Morgan fingerprint density at radius 2 is 1.68 bits per heavy atom. The fourth-order valence-corrected chi connectivity index (χ4v) is 5.32. The highest BCUT2D eigenvalue weighted by molar-refractivity contribution is 7.89. The molecule has 0 bridgehead atoms. The maximum Gasteiger partial charge on any atom is 0.243 e. The molecule has 1 N–H and O–H groups in total. The number of nitrogens with one attached hydrogen (secondary N) is 1. The van der Waals surface area contributed by atoms with Crippen LogP contribution in [-0.4, -0.2) is 37.8 Å². The van der Waals surface area contributed by atoms with Gasteiger partial charge < -0.3 is 5.32 Å². The highest BCUT2D eigenvalue weighted by atomic mass is 35.5. The fourth-order valence-electron chi connectivity index (χ4n) is 3.73. The van der Waals surface area contributed by atoms with Gasteiger partial charge in [0.05, 0.1) is 4.90 Å². The molecule has 0 radical (unpaired) electrons. The Labute approximate surface area is 154 Å². The zero-order valence-electron chi connectivity index (χ0n) is 14.3. The Bertz CT molecular complexity index is 692. The van der Waals surface area contributed by atoms with Crippen molar-refractivity contribution in [2.75, 3.05) is 13.1 Å². The summed E-state index contributed by atoms with van der Waals surface area (Å²) in [4.78, 5) is 12.4. The molecule has 1 saturated carbocycles. The molecule has 1 aromatic rings. The summed E-state index contributed by atoms with van der Waals surface area (Å²) < 4.78 is 26.8. The van der Waals surface area contributed by atoms with E-state index >= 15 is 0 Å². The lowest BCUT2D eigenvalue weighted by atomic mass is 9.94. The molecule has 1 aromatic carbocycles. The molecule has 138 valence electrons. The topological polar surface area (TPSA) is 66.5 Å². The van der Waals surface area contributed by atoms with Gasteiger partial charge in [0.25, 0.3) is 0 Å². The minimum atomic E-state index is -3.48. The van der Waals surface area contributed by atoms with Crippen molar-refractivity contribution in [2.45, 2.75) is 55.9 Å². The first-order valence-corrected chi connectivity index (χ1v) is 10.8. The number of rotatable bonds is 5. The van der Waals surface area contributed by atoms with E-state index < -0.39 is 10.0 Å². The Morgan fingerprint density at radius 1 is 1.08 bits per heavy atom. The summed E-state index contributed by atoms with van der Waals surface area (Å²) in [5.74, 6) is 0.379. The zero-order chi connectivity index (χ0) is 17.9. The van der Waals surface area contributed by atoms with Gasteiger partial charge in [0, 0.05) is 30.6 Å². The SMILES string of the molecule is O=C(CC1CCN(S(=O)(=O)c2ccc(Cl)cc2)CC1)NC1CCCC1. The van der Waals surface area contributed by atoms with Gasteiger partial charge in [-0.05, 0) is 55.9 Å². The second kappa shape index (κ2) is 8.06. The van der Waals surface area contributed by atoms with Gasteiger partial charge in [-0.1, -0.05) is 24.4 Å². The van der Waals surface area contributed by atoms with Crippen LogP contribution in [0.2, 0.25) is 5.02 Å². The maximum absolute atomic E-state index is 12.7. The predicted octanol–water partition coefficient (Wildman–Crippen LogP) is 3.19. The first kappa shape index (κ1) is 18.7. The van der Waals surface area contributed by atoms with Gasteiger partial charge in [-0.25, -0.2) is 8.42 Å². The van der Waals surface area contributed by atoms with E-state index in [1.165, 1.54) is 17.1 Å². The monoisotopic (exact) mass is 384 g/mol. The number of carbonyl (C=O) groups is 1.